The predicted octanol–water partition coefficient (Wildman–Crippen LogP) is 3.96. The summed E-state index contributed by atoms with van der Waals surface area (Å²) < 4.78 is 13.2. The number of halogens is 3. The van der Waals surface area contributed by atoms with Crippen molar-refractivity contribution in [1.82, 2.24) is 5.32 Å². The minimum absolute atomic E-state index is 0.150. The average molecular weight is 305 g/mol. The molecule has 0 aliphatic carbocycles. The molecule has 2 rings (SSSR count). The van der Waals surface area contributed by atoms with Gasteiger partial charge < -0.3 is 10.2 Å². The highest BCUT2D eigenvalue weighted by atomic mass is 35.5. The summed E-state index contributed by atoms with van der Waals surface area (Å²) in [6.45, 7) is 9.09. The maximum Gasteiger partial charge on any atom is 0.126 e. The van der Waals surface area contributed by atoms with Crippen LogP contribution in [0.2, 0.25) is 10.0 Å². The van der Waals surface area contributed by atoms with E-state index < -0.39 is 5.82 Å². The number of anilines is 1. The zero-order valence-corrected chi connectivity index (χ0v) is 12.9. The molecule has 0 amide bonds. The summed E-state index contributed by atoms with van der Waals surface area (Å²) in [7, 11) is 0. The molecule has 1 aliphatic rings. The lowest BCUT2D eigenvalue weighted by Gasteiger charge is -2.42. The van der Waals surface area contributed by atoms with Crippen LogP contribution in [0.5, 0.6) is 0 Å². The number of benzene rings is 1. The van der Waals surface area contributed by atoms with Gasteiger partial charge in [0.05, 0.1) is 15.7 Å². The minimum Gasteiger partial charge on any atom is -0.366 e. The van der Waals surface area contributed by atoms with Gasteiger partial charge in [-0.2, -0.15) is 0 Å². The first-order valence-electron chi connectivity index (χ1n) is 6.42. The van der Waals surface area contributed by atoms with Gasteiger partial charge in [-0.1, -0.05) is 44.0 Å². The first kappa shape index (κ1) is 14.9. The molecule has 0 radical (unpaired) electrons. The van der Waals surface area contributed by atoms with Gasteiger partial charge in [0, 0.05) is 25.7 Å². The summed E-state index contributed by atoms with van der Waals surface area (Å²) in [5.74, 6) is -0.402. The van der Waals surface area contributed by atoms with Crippen LogP contribution in [-0.4, -0.2) is 25.7 Å². The number of nitrogens with one attached hydrogen (secondary N) is 1. The Labute approximate surface area is 123 Å². The molecule has 19 heavy (non-hydrogen) atoms. The Morgan fingerprint density at radius 2 is 1.84 bits per heavy atom. The van der Waals surface area contributed by atoms with Crippen molar-refractivity contribution >= 4 is 28.9 Å². The molecule has 106 valence electrons. The maximum absolute atomic E-state index is 13.2. The van der Waals surface area contributed by atoms with E-state index in [0.29, 0.717) is 16.1 Å². The summed E-state index contributed by atoms with van der Waals surface area (Å²) >= 11 is 12.3. The molecule has 0 spiro atoms. The fraction of sp³-hybridized carbons (Fsp3) is 0.571. The van der Waals surface area contributed by atoms with Gasteiger partial charge in [-0.3, -0.25) is 0 Å². The molecule has 1 heterocycles. The van der Waals surface area contributed by atoms with Crippen LogP contribution in [0.15, 0.2) is 12.1 Å². The summed E-state index contributed by atoms with van der Waals surface area (Å²) in [5.41, 5.74) is 0.887. The van der Waals surface area contributed by atoms with E-state index in [0.717, 1.165) is 25.3 Å². The topological polar surface area (TPSA) is 15.3 Å². The van der Waals surface area contributed by atoms with Crippen molar-refractivity contribution in [2.75, 3.05) is 24.5 Å². The van der Waals surface area contributed by atoms with E-state index in [1.165, 1.54) is 12.1 Å². The Hall–Kier alpha value is -0.510. The molecule has 1 N–H and O–H groups in total. The Kier molecular flexibility index (Phi) is 4.29. The van der Waals surface area contributed by atoms with Crippen LogP contribution in [0.3, 0.4) is 0 Å². The van der Waals surface area contributed by atoms with Crippen molar-refractivity contribution in [3.8, 4) is 0 Å². The number of rotatable bonds is 1. The van der Waals surface area contributed by atoms with Crippen molar-refractivity contribution in [2.45, 2.75) is 26.8 Å². The molecular weight excluding hydrogens is 286 g/mol. The first-order valence-corrected chi connectivity index (χ1v) is 7.17. The molecule has 0 saturated carbocycles. The molecule has 1 aliphatic heterocycles. The SMILES string of the molecule is CC(C)(C)C1CN(c2c(Cl)cc(F)cc2Cl)CCN1. The van der Waals surface area contributed by atoms with Crippen molar-refractivity contribution in [3.63, 3.8) is 0 Å². The van der Waals surface area contributed by atoms with Gasteiger partial charge in [-0.25, -0.2) is 4.39 Å². The Bertz CT molecular complexity index is 448. The Morgan fingerprint density at radius 3 is 2.37 bits per heavy atom. The van der Waals surface area contributed by atoms with Gasteiger partial charge in [0.2, 0.25) is 0 Å². The van der Waals surface area contributed by atoms with Crippen LogP contribution < -0.4 is 10.2 Å². The van der Waals surface area contributed by atoms with E-state index in [2.05, 4.69) is 31.0 Å². The quantitative estimate of drug-likeness (QED) is 0.845. The van der Waals surface area contributed by atoms with Crippen LogP contribution in [0.4, 0.5) is 10.1 Å². The molecule has 0 bridgehead atoms. The third-order valence-electron chi connectivity index (χ3n) is 3.52. The lowest BCUT2D eigenvalue weighted by Crippen LogP contribution is -2.56. The third kappa shape index (κ3) is 3.33. The highest BCUT2D eigenvalue weighted by molar-refractivity contribution is 6.39. The summed E-state index contributed by atoms with van der Waals surface area (Å²) in [6, 6.07) is 2.98. The number of hydrogen-bond donors (Lipinski definition) is 1. The molecule has 1 saturated heterocycles. The van der Waals surface area contributed by atoms with Gasteiger partial charge in [0.15, 0.2) is 0 Å². The first-order chi connectivity index (χ1) is 8.79. The van der Waals surface area contributed by atoms with Crippen molar-refractivity contribution < 1.29 is 4.39 Å². The summed E-state index contributed by atoms with van der Waals surface area (Å²) in [4.78, 5) is 2.14. The summed E-state index contributed by atoms with van der Waals surface area (Å²) in [5, 5.41) is 4.26. The molecule has 1 aromatic rings. The van der Waals surface area contributed by atoms with Gasteiger partial charge in [0.25, 0.3) is 0 Å². The highest BCUT2D eigenvalue weighted by Gasteiger charge is 2.30. The average Bonchev–Trinajstić information content (AvgIpc) is 2.26. The van der Waals surface area contributed by atoms with E-state index in [1.54, 1.807) is 0 Å². The van der Waals surface area contributed by atoms with E-state index in [1.807, 2.05) is 0 Å². The molecule has 5 heteroatoms. The third-order valence-corrected chi connectivity index (χ3v) is 4.09. The zero-order valence-electron chi connectivity index (χ0n) is 11.4. The number of nitrogens with zero attached hydrogens (tertiary/aromatic N) is 1. The fourth-order valence-electron chi connectivity index (χ4n) is 2.37. The smallest absolute Gasteiger partial charge is 0.126 e. The second-order valence-electron chi connectivity index (χ2n) is 6.04. The zero-order chi connectivity index (χ0) is 14.2. The predicted molar refractivity (Wildman–Crippen MR) is 79.9 cm³/mol. The van der Waals surface area contributed by atoms with Crippen molar-refractivity contribution in [3.05, 3.63) is 28.0 Å². The van der Waals surface area contributed by atoms with E-state index in [4.69, 9.17) is 23.2 Å². The highest BCUT2D eigenvalue weighted by Crippen LogP contribution is 2.36. The Balaban J connectivity index is 2.27. The second-order valence-corrected chi connectivity index (χ2v) is 6.85. The van der Waals surface area contributed by atoms with Gasteiger partial charge in [-0.15, -0.1) is 0 Å². The molecular formula is C14H19Cl2FN2. The van der Waals surface area contributed by atoms with Gasteiger partial charge in [0.1, 0.15) is 5.82 Å². The number of piperazine rings is 1. The normalized spacial score (nSPS) is 20.7. The molecule has 1 unspecified atom stereocenters. The van der Waals surface area contributed by atoms with Crippen LogP contribution in [0.25, 0.3) is 0 Å². The molecule has 1 atom stereocenters. The van der Waals surface area contributed by atoms with Crippen LogP contribution in [0.1, 0.15) is 20.8 Å². The van der Waals surface area contributed by atoms with E-state index >= 15 is 0 Å². The molecule has 1 aromatic carbocycles. The van der Waals surface area contributed by atoms with Crippen molar-refractivity contribution in [1.29, 1.82) is 0 Å². The number of hydrogen-bond acceptors (Lipinski definition) is 2. The Morgan fingerprint density at radius 1 is 1.26 bits per heavy atom. The second kappa shape index (κ2) is 5.47. The fourth-order valence-corrected chi connectivity index (χ4v) is 3.07. The standard InChI is InChI=1S/C14H19Cl2FN2/c1-14(2,3)12-8-19(5-4-18-12)13-10(15)6-9(17)7-11(13)16/h6-7,12,18H,4-5,8H2,1-3H3. The maximum atomic E-state index is 13.2. The van der Waals surface area contributed by atoms with Crippen LogP contribution in [-0.2, 0) is 0 Å². The van der Waals surface area contributed by atoms with Gasteiger partial charge >= 0.3 is 0 Å². The van der Waals surface area contributed by atoms with Crippen LogP contribution >= 0.6 is 23.2 Å². The van der Waals surface area contributed by atoms with E-state index in [-0.39, 0.29) is 5.41 Å². The lowest BCUT2D eigenvalue weighted by molar-refractivity contribution is 0.254. The monoisotopic (exact) mass is 304 g/mol. The minimum atomic E-state index is -0.402. The molecule has 2 nitrogen and oxygen atoms in total. The van der Waals surface area contributed by atoms with Crippen LogP contribution in [0, 0.1) is 11.2 Å². The lowest BCUT2D eigenvalue weighted by atomic mass is 9.85. The summed E-state index contributed by atoms with van der Waals surface area (Å²) in [6.07, 6.45) is 0. The largest absolute Gasteiger partial charge is 0.366 e. The van der Waals surface area contributed by atoms with E-state index in [9.17, 15) is 4.39 Å². The van der Waals surface area contributed by atoms with Gasteiger partial charge in [-0.05, 0) is 17.5 Å². The molecule has 0 aromatic heterocycles. The molecule has 1 fully saturated rings. The van der Waals surface area contributed by atoms with Crippen molar-refractivity contribution in [2.24, 2.45) is 5.41 Å².